The van der Waals surface area contributed by atoms with Crippen molar-refractivity contribution in [3.63, 3.8) is 0 Å². The second-order valence-corrected chi connectivity index (χ2v) is 11.1. The molecule has 0 aromatic heterocycles. The number of guanidine groups is 1. The van der Waals surface area contributed by atoms with Gasteiger partial charge in [-0.1, -0.05) is 18.2 Å². The number of aliphatic hydroxyl groups excluding tert-OH is 4. The molecule has 3 aliphatic heterocycles. The molecule has 0 spiro atoms. The first kappa shape index (κ1) is 39.6. The second kappa shape index (κ2) is 18.2. The van der Waals surface area contributed by atoms with Crippen LogP contribution >= 0.6 is 0 Å². The van der Waals surface area contributed by atoms with Crippen molar-refractivity contribution in [3.8, 4) is 0 Å². The molecule has 49 heavy (non-hydrogen) atoms. The molecule has 1 fully saturated rings. The number of rotatable bonds is 16. The summed E-state index contributed by atoms with van der Waals surface area (Å²) in [6, 6.07) is 0. The van der Waals surface area contributed by atoms with Gasteiger partial charge in [0.05, 0.1) is 49.3 Å². The third-order valence-corrected chi connectivity index (χ3v) is 7.92. The molecule has 0 amide bonds. The zero-order chi connectivity index (χ0) is 36.3. The smallest absolute Gasteiger partial charge is 0.339 e. The molecule has 0 radical (unpaired) electrons. The van der Waals surface area contributed by atoms with Crippen molar-refractivity contribution in [3.05, 3.63) is 59.7 Å². The van der Waals surface area contributed by atoms with E-state index in [1.807, 2.05) is 0 Å². The fourth-order valence-electron chi connectivity index (χ4n) is 5.46. The predicted molar refractivity (Wildman–Crippen MR) is 169 cm³/mol. The first-order chi connectivity index (χ1) is 23.4. The van der Waals surface area contributed by atoms with Gasteiger partial charge in [0.15, 0.2) is 18.4 Å². The molecule has 18 heteroatoms. The minimum Gasteiger partial charge on any atom is -0.478 e. The van der Waals surface area contributed by atoms with Gasteiger partial charge in [0.2, 0.25) is 12.1 Å². The van der Waals surface area contributed by atoms with Crippen LogP contribution in [-0.2, 0) is 33.3 Å². The number of β-amino-alcohol motifs (C(OH)–C–C–N with tert-alkyl or cyclic N) is 1. The van der Waals surface area contributed by atoms with Crippen LogP contribution in [0.15, 0.2) is 64.7 Å². The maximum absolute atomic E-state index is 12.9. The van der Waals surface area contributed by atoms with Gasteiger partial charge in [-0.05, 0) is 18.9 Å². The van der Waals surface area contributed by atoms with E-state index in [2.05, 4.69) is 16.9 Å². The monoisotopic (exact) mass is 698 g/mol. The number of carboxylic acids is 1. The van der Waals surface area contributed by atoms with E-state index in [1.54, 1.807) is 24.0 Å². The lowest BCUT2D eigenvalue weighted by Crippen LogP contribution is -2.68. The van der Waals surface area contributed by atoms with Crippen LogP contribution in [-0.4, -0.2) is 148 Å². The summed E-state index contributed by atoms with van der Waals surface area (Å²) >= 11 is 0. The topological polar surface area (TPSA) is 276 Å². The van der Waals surface area contributed by atoms with E-state index in [-0.39, 0.29) is 62.3 Å². The summed E-state index contributed by atoms with van der Waals surface area (Å²) in [5, 5.41) is 73.0. The number of ether oxygens (including phenoxy) is 5. The highest BCUT2D eigenvalue weighted by Gasteiger charge is 2.57. The number of nitrogens with one attached hydrogen (secondary N) is 1. The van der Waals surface area contributed by atoms with Crippen LogP contribution in [0.4, 0.5) is 0 Å². The van der Waals surface area contributed by atoms with Crippen molar-refractivity contribution < 1.29 is 69.0 Å². The molecule has 7 atom stereocenters. The van der Waals surface area contributed by atoms with Crippen LogP contribution in [0.3, 0.4) is 0 Å². The third kappa shape index (κ3) is 9.44. The number of nitrogens with zero attached hydrogens (tertiary/aromatic N) is 2. The Morgan fingerprint density at radius 3 is 2.57 bits per heavy atom. The number of aliphatic hydroxyl groups is 6. The number of methoxy groups -OCH3 is 1. The maximum Gasteiger partial charge on any atom is 0.339 e. The van der Waals surface area contributed by atoms with Crippen LogP contribution in [0.25, 0.3) is 0 Å². The Kier molecular flexibility index (Phi) is 14.7. The molecule has 3 aliphatic rings. The minimum absolute atomic E-state index is 0.0222. The number of carbonyl (C=O) groups is 2. The summed E-state index contributed by atoms with van der Waals surface area (Å²) in [6.07, 6.45) is -0.690. The van der Waals surface area contributed by atoms with Crippen molar-refractivity contribution in [1.82, 2.24) is 10.2 Å². The van der Waals surface area contributed by atoms with Gasteiger partial charge in [0.1, 0.15) is 12.2 Å². The number of aliphatic imine (C=N–C) groups is 1. The molecule has 0 bridgehead atoms. The standard InChI is InChI=1S/C31H46N4O14/c1-4-18-19(8-7-17-13-35(10-12-37)14-20(26(40)41)23(17)34-30(32)33-9-6-11-36)21(27(42)45-3)16-47-28(18)49-29-25(46-5-2)31(43,44)24(39)22(15-38)48-29/h4,7-8,14,16,18-19,22,24-25,28-29,36-39,43-44H,1,5-6,9-13,15H2,2-3H3,(H,40,41)(H3,32,33,34)/b8-7+/t18-,19+,22-,24-,25+,28+,29+/m1/s1. The van der Waals surface area contributed by atoms with Crippen molar-refractivity contribution in [2.45, 2.75) is 50.0 Å². The van der Waals surface area contributed by atoms with Crippen LogP contribution < -0.4 is 11.1 Å². The van der Waals surface area contributed by atoms with Gasteiger partial charge in [0.25, 0.3) is 0 Å². The van der Waals surface area contributed by atoms with Crippen molar-refractivity contribution in [1.29, 1.82) is 0 Å². The van der Waals surface area contributed by atoms with E-state index in [0.717, 1.165) is 6.26 Å². The Hall–Kier alpha value is -3.85. The highest BCUT2D eigenvalue weighted by molar-refractivity contribution is 5.95. The summed E-state index contributed by atoms with van der Waals surface area (Å²) in [7, 11) is 1.17. The summed E-state index contributed by atoms with van der Waals surface area (Å²) in [5.74, 6) is -6.88. The Morgan fingerprint density at radius 1 is 1.24 bits per heavy atom. The van der Waals surface area contributed by atoms with Gasteiger partial charge in [-0.3, -0.25) is 4.99 Å². The van der Waals surface area contributed by atoms with E-state index in [4.69, 9.17) is 34.5 Å². The first-order valence-corrected chi connectivity index (χ1v) is 15.5. The number of carboxylic acid groups (broad SMARTS) is 1. The molecular weight excluding hydrogens is 652 g/mol. The lowest BCUT2D eigenvalue weighted by molar-refractivity contribution is -0.410. The molecule has 18 nitrogen and oxygen atoms in total. The van der Waals surface area contributed by atoms with Crippen molar-refractivity contribution in [2.75, 3.05) is 53.2 Å². The van der Waals surface area contributed by atoms with Gasteiger partial charge in [-0.15, -0.1) is 6.58 Å². The maximum atomic E-state index is 12.9. The van der Waals surface area contributed by atoms with Gasteiger partial charge in [-0.25, -0.2) is 9.59 Å². The molecule has 274 valence electrons. The minimum atomic E-state index is -2.90. The van der Waals surface area contributed by atoms with Crippen LogP contribution in [0, 0.1) is 11.8 Å². The number of esters is 1. The molecule has 0 aromatic rings. The molecule has 3 heterocycles. The Morgan fingerprint density at radius 2 is 1.98 bits per heavy atom. The SMILES string of the molecule is C=C[C@H]1[C@H](O[C@@H]2O[C@H](CO)[C@@H](O)C(O)(O)[C@H]2OCC)OC=C(C(=O)OC)[C@H]1/C=C/C1=C(NC(N)=NCCCO)C(C(=O)O)=CN(CCO)C1. The van der Waals surface area contributed by atoms with E-state index in [0.29, 0.717) is 12.0 Å². The number of aliphatic carboxylic acids is 1. The summed E-state index contributed by atoms with van der Waals surface area (Å²) < 4.78 is 27.8. The average Bonchev–Trinajstić information content (AvgIpc) is 3.07. The highest BCUT2D eigenvalue weighted by Crippen LogP contribution is 2.38. The Balaban J connectivity index is 2.06. The largest absolute Gasteiger partial charge is 0.478 e. The molecule has 0 aromatic carbocycles. The lowest BCUT2D eigenvalue weighted by Gasteiger charge is -2.47. The molecule has 0 unspecified atom stereocenters. The van der Waals surface area contributed by atoms with Crippen LogP contribution in [0.2, 0.25) is 0 Å². The number of allylic oxidation sites excluding steroid dienone is 1. The van der Waals surface area contributed by atoms with Crippen molar-refractivity contribution >= 4 is 17.9 Å². The number of nitrogens with two attached hydrogens (primary N) is 1. The van der Waals surface area contributed by atoms with Gasteiger partial charge >= 0.3 is 11.9 Å². The molecular formula is C31H46N4O14. The fraction of sp³-hybridized carbons (Fsp3) is 0.581. The second-order valence-electron chi connectivity index (χ2n) is 11.1. The Labute approximate surface area is 282 Å². The Bertz CT molecular complexity index is 1330. The summed E-state index contributed by atoms with van der Waals surface area (Å²) in [4.78, 5) is 30.9. The van der Waals surface area contributed by atoms with E-state index in [1.165, 1.54) is 19.4 Å². The molecule has 3 rings (SSSR count). The summed E-state index contributed by atoms with van der Waals surface area (Å²) in [5.41, 5.74) is 6.33. The molecule has 0 saturated carbocycles. The lowest BCUT2D eigenvalue weighted by atomic mass is 9.83. The van der Waals surface area contributed by atoms with Crippen LogP contribution in [0.1, 0.15) is 13.3 Å². The van der Waals surface area contributed by atoms with Gasteiger partial charge in [-0.2, -0.15) is 0 Å². The van der Waals surface area contributed by atoms with E-state index >= 15 is 0 Å². The fourth-order valence-corrected chi connectivity index (χ4v) is 5.46. The average molecular weight is 699 g/mol. The van der Waals surface area contributed by atoms with E-state index in [9.17, 15) is 40.2 Å². The number of carbonyl (C=O) groups excluding carboxylic acids is 1. The normalized spacial score (nSPS) is 28.9. The predicted octanol–water partition coefficient (Wildman–Crippen LogP) is -2.63. The molecule has 1 saturated heterocycles. The highest BCUT2D eigenvalue weighted by atomic mass is 16.8. The zero-order valence-corrected chi connectivity index (χ0v) is 27.3. The van der Waals surface area contributed by atoms with Crippen molar-refractivity contribution in [2.24, 2.45) is 22.6 Å². The molecule has 10 N–H and O–H groups in total. The van der Waals surface area contributed by atoms with Gasteiger partial charge in [0, 0.05) is 45.0 Å². The number of hydrogen-bond acceptors (Lipinski definition) is 15. The first-order valence-electron chi connectivity index (χ1n) is 15.5. The zero-order valence-electron chi connectivity index (χ0n) is 27.3. The molecule has 0 aliphatic carbocycles. The quantitative estimate of drug-likeness (QED) is 0.0199. The van der Waals surface area contributed by atoms with E-state index < -0.39 is 67.1 Å². The number of hydrogen-bond donors (Lipinski definition) is 9. The summed E-state index contributed by atoms with van der Waals surface area (Å²) in [6.45, 7) is 4.58. The van der Waals surface area contributed by atoms with Crippen LogP contribution in [0.5, 0.6) is 0 Å². The van der Waals surface area contributed by atoms with Gasteiger partial charge < -0.3 is 75.4 Å². The third-order valence-electron chi connectivity index (χ3n) is 7.92.